The lowest BCUT2D eigenvalue weighted by atomic mass is 9.93. The minimum Gasteiger partial charge on any atom is -0.463 e. The molecule has 0 spiro atoms. The third kappa shape index (κ3) is 3.85. The Morgan fingerprint density at radius 3 is 2.54 bits per heavy atom. The molecule has 0 radical (unpaired) electrons. The molecule has 0 bridgehead atoms. The van der Waals surface area contributed by atoms with Gasteiger partial charge in [0, 0.05) is 0 Å². The van der Waals surface area contributed by atoms with Gasteiger partial charge >= 0.3 is 5.97 Å². The fourth-order valence-corrected chi connectivity index (χ4v) is 3.29. The maximum Gasteiger partial charge on any atom is 0.338 e. The van der Waals surface area contributed by atoms with Crippen LogP contribution in [0.15, 0.2) is 54.1 Å². The first-order valence-corrected chi connectivity index (χ1v) is 9.17. The first-order chi connectivity index (χ1) is 12.5. The SMILES string of the molecule is CCOC(=O)C1=C(c2ccccc2)NC(=S)NC1c1ccc(Cl)c(Cl)c1. The largest absolute Gasteiger partial charge is 0.463 e. The number of carbonyl (C=O) groups excluding carboxylic acids is 1. The maximum absolute atomic E-state index is 12.8. The number of halogens is 2. The van der Waals surface area contributed by atoms with Gasteiger partial charge in [-0.2, -0.15) is 0 Å². The summed E-state index contributed by atoms with van der Waals surface area (Å²) >= 11 is 17.6. The summed E-state index contributed by atoms with van der Waals surface area (Å²) in [5.41, 5.74) is 2.65. The number of esters is 1. The van der Waals surface area contributed by atoms with Crippen molar-refractivity contribution in [1.82, 2.24) is 10.6 Å². The summed E-state index contributed by atoms with van der Waals surface area (Å²) in [6.45, 7) is 2.03. The molecule has 4 nitrogen and oxygen atoms in total. The number of thiocarbonyl (C=S) groups is 1. The number of nitrogens with one attached hydrogen (secondary N) is 2. The molecule has 1 aliphatic rings. The summed E-state index contributed by atoms with van der Waals surface area (Å²) in [5, 5.41) is 7.47. The zero-order valence-corrected chi connectivity index (χ0v) is 16.2. The number of carbonyl (C=O) groups is 1. The highest BCUT2D eigenvalue weighted by atomic mass is 35.5. The molecule has 1 unspecified atom stereocenters. The Kier molecular flexibility index (Phi) is 5.81. The predicted molar refractivity (Wildman–Crippen MR) is 108 cm³/mol. The third-order valence-corrected chi connectivity index (χ3v) is 4.87. The van der Waals surface area contributed by atoms with Crippen LogP contribution in [0.4, 0.5) is 0 Å². The van der Waals surface area contributed by atoms with Crippen LogP contribution in [-0.4, -0.2) is 17.7 Å². The van der Waals surface area contributed by atoms with Crippen molar-refractivity contribution >= 4 is 52.2 Å². The van der Waals surface area contributed by atoms with Crippen LogP contribution < -0.4 is 10.6 Å². The second kappa shape index (κ2) is 8.08. The zero-order chi connectivity index (χ0) is 18.7. The summed E-state index contributed by atoms with van der Waals surface area (Å²) in [5.74, 6) is -0.426. The Hall–Kier alpha value is -2.08. The summed E-state index contributed by atoms with van der Waals surface area (Å²) in [6.07, 6.45) is 0. The summed E-state index contributed by atoms with van der Waals surface area (Å²) < 4.78 is 5.29. The molecule has 2 aromatic rings. The monoisotopic (exact) mass is 406 g/mol. The fourth-order valence-electron chi connectivity index (χ4n) is 2.77. The van der Waals surface area contributed by atoms with Crippen LogP contribution in [0.5, 0.6) is 0 Å². The van der Waals surface area contributed by atoms with Crippen molar-refractivity contribution in [2.24, 2.45) is 0 Å². The first kappa shape index (κ1) is 18.7. The first-order valence-electron chi connectivity index (χ1n) is 8.00. The van der Waals surface area contributed by atoms with Crippen LogP contribution >= 0.6 is 35.4 Å². The van der Waals surface area contributed by atoms with Gasteiger partial charge in [-0.05, 0) is 42.4 Å². The van der Waals surface area contributed by atoms with Gasteiger partial charge in [-0.25, -0.2) is 4.79 Å². The molecular weight excluding hydrogens is 391 g/mol. The summed E-state index contributed by atoms with van der Waals surface area (Å²) in [4.78, 5) is 12.8. The lowest BCUT2D eigenvalue weighted by molar-refractivity contribution is -0.138. The second-order valence-electron chi connectivity index (χ2n) is 5.58. The van der Waals surface area contributed by atoms with Gasteiger partial charge in [-0.1, -0.05) is 59.6 Å². The van der Waals surface area contributed by atoms with Crippen LogP contribution in [-0.2, 0) is 9.53 Å². The number of rotatable bonds is 4. The minimum atomic E-state index is -0.507. The van der Waals surface area contributed by atoms with Crippen molar-refractivity contribution in [3.63, 3.8) is 0 Å². The number of ether oxygens (including phenoxy) is 1. The van der Waals surface area contributed by atoms with E-state index in [1.807, 2.05) is 36.4 Å². The van der Waals surface area contributed by atoms with Crippen molar-refractivity contribution in [2.45, 2.75) is 13.0 Å². The van der Waals surface area contributed by atoms with E-state index in [1.165, 1.54) is 0 Å². The molecule has 0 saturated carbocycles. The second-order valence-corrected chi connectivity index (χ2v) is 6.80. The number of hydrogen-bond donors (Lipinski definition) is 2. The van der Waals surface area contributed by atoms with Gasteiger partial charge in [-0.3, -0.25) is 0 Å². The Bertz CT molecular complexity index is 884. The molecule has 1 heterocycles. The molecule has 26 heavy (non-hydrogen) atoms. The topological polar surface area (TPSA) is 50.4 Å². The number of benzene rings is 2. The fraction of sp³-hybridized carbons (Fsp3) is 0.158. The maximum atomic E-state index is 12.8. The molecule has 1 atom stereocenters. The van der Waals surface area contributed by atoms with E-state index in [9.17, 15) is 4.79 Å². The van der Waals surface area contributed by atoms with Crippen molar-refractivity contribution in [2.75, 3.05) is 6.61 Å². The van der Waals surface area contributed by atoms with Crippen molar-refractivity contribution < 1.29 is 9.53 Å². The van der Waals surface area contributed by atoms with Gasteiger partial charge in [0.25, 0.3) is 0 Å². The molecule has 0 aliphatic carbocycles. The van der Waals surface area contributed by atoms with E-state index < -0.39 is 12.0 Å². The normalized spacial score (nSPS) is 16.7. The standard InChI is InChI=1S/C19H16Cl2N2O2S/c1-2-25-18(24)15-16(11-6-4-3-5-7-11)22-19(26)23-17(15)12-8-9-13(20)14(21)10-12/h3-10,17H,2H2,1H3,(H2,22,23,26). The molecule has 0 fully saturated rings. The van der Waals surface area contributed by atoms with Crippen molar-refractivity contribution in [3.8, 4) is 0 Å². The quantitative estimate of drug-likeness (QED) is 0.578. The summed E-state index contributed by atoms with van der Waals surface area (Å²) in [6, 6.07) is 14.2. The van der Waals surface area contributed by atoms with Crippen LogP contribution in [0.25, 0.3) is 5.70 Å². The number of hydrogen-bond acceptors (Lipinski definition) is 3. The lowest BCUT2D eigenvalue weighted by Gasteiger charge is -2.31. The van der Waals surface area contributed by atoms with Crippen LogP contribution in [0.1, 0.15) is 24.1 Å². The molecule has 3 rings (SSSR count). The lowest BCUT2D eigenvalue weighted by Crippen LogP contribution is -2.45. The Morgan fingerprint density at radius 2 is 1.88 bits per heavy atom. The van der Waals surface area contributed by atoms with Crippen LogP contribution in [0.3, 0.4) is 0 Å². The smallest absolute Gasteiger partial charge is 0.338 e. The van der Waals surface area contributed by atoms with Gasteiger partial charge in [0.15, 0.2) is 5.11 Å². The minimum absolute atomic E-state index is 0.267. The van der Waals surface area contributed by atoms with Crippen molar-refractivity contribution in [1.29, 1.82) is 0 Å². The zero-order valence-electron chi connectivity index (χ0n) is 13.9. The molecular formula is C19H16Cl2N2O2S. The summed E-state index contributed by atoms with van der Waals surface area (Å²) in [7, 11) is 0. The van der Waals surface area contributed by atoms with Gasteiger partial charge < -0.3 is 15.4 Å². The van der Waals surface area contributed by atoms with Gasteiger partial charge in [0.2, 0.25) is 0 Å². The Balaban J connectivity index is 2.18. The van der Waals surface area contributed by atoms with E-state index >= 15 is 0 Å². The van der Waals surface area contributed by atoms with Gasteiger partial charge in [0.1, 0.15) is 0 Å². The van der Waals surface area contributed by atoms with Crippen molar-refractivity contribution in [3.05, 3.63) is 75.3 Å². The molecule has 0 amide bonds. The average Bonchev–Trinajstić information content (AvgIpc) is 2.64. The Morgan fingerprint density at radius 1 is 1.15 bits per heavy atom. The molecule has 0 saturated heterocycles. The highest BCUT2D eigenvalue weighted by Gasteiger charge is 2.33. The van der Waals surface area contributed by atoms with E-state index in [0.717, 1.165) is 11.1 Å². The van der Waals surface area contributed by atoms with E-state index in [-0.39, 0.29) is 6.61 Å². The molecule has 2 N–H and O–H groups in total. The van der Waals surface area contributed by atoms with Gasteiger partial charge in [0.05, 0.1) is 34.0 Å². The molecule has 1 aliphatic heterocycles. The van der Waals surface area contributed by atoms with Crippen LogP contribution in [0, 0.1) is 0 Å². The highest BCUT2D eigenvalue weighted by molar-refractivity contribution is 7.80. The van der Waals surface area contributed by atoms with E-state index in [4.69, 9.17) is 40.2 Å². The third-order valence-electron chi connectivity index (χ3n) is 3.91. The highest BCUT2D eigenvalue weighted by Crippen LogP contribution is 2.34. The molecule has 134 valence electrons. The van der Waals surface area contributed by atoms with E-state index in [1.54, 1.807) is 19.1 Å². The van der Waals surface area contributed by atoms with E-state index in [2.05, 4.69) is 10.6 Å². The van der Waals surface area contributed by atoms with E-state index in [0.29, 0.717) is 26.4 Å². The Labute approximate surface area is 167 Å². The van der Waals surface area contributed by atoms with Gasteiger partial charge in [-0.15, -0.1) is 0 Å². The molecule has 2 aromatic carbocycles. The predicted octanol–water partition coefficient (Wildman–Crippen LogP) is 4.49. The molecule has 0 aromatic heterocycles. The average molecular weight is 407 g/mol. The van der Waals surface area contributed by atoms with Crippen LogP contribution in [0.2, 0.25) is 10.0 Å². The molecule has 7 heteroatoms.